The Morgan fingerprint density at radius 3 is 2.41 bits per heavy atom. The van der Waals surface area contributed by atoms with Crippen LogP contribution in [0.5, 0.6) is 0 Å². The van der Waals surface area contributed by atoms with E-state index >= 15 is 0 Å². The quantitative estimate of drug-likeness (QED) is 0.287. The Kier molecular flexibility index (Phi) is 7.65. The topological polar surface area (TPSA) is 65.4 Å². The summed E-state index contributed by atoms with van der Waals surface area (Å²) in [5.74, 6) is -0.0458. The predicted octanol–water partition coefficient (Wildman–Crippen LogP) is 5.56. The van der Waals surface area contributed by atoms with E-state index in [4.69, 9.17) is 12.2 Å². The van der Waals surface area contributed by atoms with Crippen LogP contribution in [0.4, 0.5) is 11.4 Å². The van der Waals surface area contributed by atoms with E-state index < -0.39 is 0 Å². The average molecular weight is 539 g/mol. The molecule has 39 heavy (non-hydrogen) atoms. The summed E-state index contributed by atoms with van der Waals surface area (Å²) in [5.41, 5.74) is 7.41. The van der Waals surface area contributed by atoms with Gasteiger partial charge in [-0.3, -0.25) is 9.78 Å². The normalized spacial score (nSPS) is 16.7. The third-order valence-corrected chi connectivity index (χ3v) is 7.60. The van der Waals surface area contributed by atoms with Crippen LogP contribution in [0.1, 0.15) is 41.1 Å². The third-order valence-electron chi connectivity index (χ3n) is 7.25. The minimum absolute atomic E-state index is 0.0458. The van der Waals surface area contributed by atoms with Crippen LogP contribution in [0.25, 0.3) is 5.69 Å². The van der Waals surface area contributed by atoms with Crippen LogP contribution < -0.4 is 15.5 Å². The van der Waals surface area contributed by atoms with Gasteiger partial charge in [0, 0.05) is 61.7 Å². The number of thiocarbonyl (C=S) groups is 1. The predicted molar refractivity (Wildman–Crippen MR) is 161 cm³/mol. The fourth-order valence-corrected chi connectivity index (χ4v) is 5.67. The molecular weight excluding hydrogens is 504 g/mol. The first-order valence-corrected chi connectivity index (χ1v) is 13.5. The van der Waals surface area contributed by atoms with E-state index in [0.29, 0.717) is 18.1 Å². The minimum Gasteiger partial charge on any atom is -0.378 e. The molecule has 4 aromatic rings. The number of benzene rings is 2. The molecule has 1 aliphatic rings. The van der Waals surface area contributed by atoms with Gasteiger partial charge >= 0.3 is 0 Å². The fraction of sp³-hybridized carbons (Fsp3) is 0.258. The highest BCUT2D eigenvalue weighted by Crippen LogP contribution is 2.41. The number of anilines is 2. The van der Waals surface area contributed by atoms with Gasteiger partial charge in [0.1, 0.15) is 0 Å². The van der Waals surface area contributed by atoms with Crippen molar-refractivity contribution >= 4 is 34.6 Å². The molecule has 8 heteroatoms. The van der Waals surface area contributed by atoms with Crippen molar-refractivity contribution < 1.29 is 4.79 Å². The number of aromatic nitrogens is 2. The summed E-state index contributed by atoms with van der Waals surface area (Å²) in [6.07, 6.45) is 2.12. The van der Waals surface area contributed by atoms with Crippen LogP contribution in [0.15, 0.2) is 85.1 Å². The molecule has 5 rings (SSSR count). The van der Waals surface area contributed by atoms with Gasteiger partial charge in [0.25, 0.3) is 0 Å². The molecule has 7 nitrogen and oxygen atoms in total. The third kappa shape index (κ3) is 5.52. The van der Waals surface area contributed by atoms with Crippen LogP contribution in [0, 0.1) is 13.8 Å². The number of para-hydroxylation sites is 1. The van der Waals surface area contributed by atoms with Crippen LogP contribution in [-0.2, 0) is 4.79 Å². The van der Waals surface area contributed by atoms with Gasteiger partial charge in [-0.2, -0.15) is 0 Å². The Balaban J connectivity index is 1.47. The van der Waals surface area contributed by atoms with Gasteiger partial charge in [-0.05, 0) is 86.2 Å². The first-order valence-electron chi connectivity index (χ1n) is 13.1. The molecule has 0 saturated carbocycles. The summed E-state index contributed by atoms with van der Waals surface area (Å²) in [6.45, 7) is 4.77. The second-order valence-corrected chi connectivity index (χ2v) is 10.4. The summed E-state index contributed by atoms with van der Waals surface area (Å²) in [6, 6.07) is 26.0. The van der Waals surface area contributed by atoms with E-state index in [1.807, 2.05) is 68.8 Å². The van der Waals surface area contributed by atoms with Crippen molar-refractivity contribution in [3.63, 3.8) is 0 Å². The van der Waals surface area contributed by atoms with E-state index in [2.05, 4.69) is 74.2 Å². The van der Waals surface area contributed by atoms with Gasteiger partial charge in [-0.15, -0.1) is 0 Å². The molecule has 2 aromatic heterocycles. The number of amides is 1. The monoisotopic (exact) mass is 538 g/mol. The second-order valence-electron chi connectivity index (χ2n) is 10.1. The molecule has 1 amide bonds. The lowest BCUT2D eigenvalue weighted by Gasteiger charge is -2.28. The maximum Gasteiger partial charge on any atom is 0.226 e. The molecule has 3 heterocycles. The molecule has 0 aliphatic carbocycles. The maximum atomic E-state index is 12.8. The van der Waals surface area contributed by atoms with Crippen LogP contribution >= 0.6 is 12.2 Å². The zero-order chi connectivity index (χ0) is 27.5. The van der Waals surface area contributed by atoms with Gasteiger partial charge < -0.3 is 25.0 Å². The number of carbonyl (C=O) groups is 1. The summed E-state index contributed by atoms with van der Waals surface area (Å²) in [4.78, 5) is 21.7. The lowest BCUT2D eigenvalue weighted by atomic mass is 9.96. The van der Waals surface area contributed by atoms with Gasteiger partial charge in [-0.25, -0.2) is 0 Å². The molecular formula is C31H34N6OS. The maximum absolute atomic E-state index is 12.8. The van der Waals surface area contributed by atoms with Crippen molar-refractivity contribution in [2.24, 2.45) is 0 Å². The van der Waals surface area contributed by atoms with Gasteiger partial charge in [0.05, 0.1) is 17.8 Å². The van der Waals surface area contributed by atoms with Crippen molar-refractivity contribution in [3.05, 3.63) is 108 Å². The summed E-state index contributed by atoms with van der Waals surface area (Å²) < 4.78 is 2.28. The highest BCUT2D eigenvalue weighted by Gasteiger charge is 2.41. The molecule has 0 spiro atoms. The van der Waals surface area contributed by atoms with Crippen LogP contribution in [-0.4, -0.2) is 46.1 Å². The van der Waals surface area contributed by atoms with E-state index in [-0.39, 0.29) is 18.0 Å². The number of nitrogens with zero attached hydrogens (tertiary/aromatic N) is 4. The Hall–Kier alpha value is -4.17. The highest BCUT2D eigenvalue weighted by atomic mass is 32.1. The summed E-state index contributed by atoms with van der Waals surface area (Å²) in [7, 11) is 4.09. The van der Waals surface area contributed by atoms with E-state index in [1.54, 1.807) is 0 Å². The summed E-state index contributed by atoms with van der Waals surface area (Å²) >= 11 is 5.84. The zero-order valence-electron chi connectivity index (χ0n) is 22.8. The number of hydrogen-bond acceptors (Lipinski definition) is 4. The van der Waals surface area contributed by atoms with Gasteiger partial charge in [-0.1, -0.05) is 24.3 Å². The standard InChI is InChI=1S/C31H34N6OS/c1-21-20-26(22(2)37(21)25-15-13-24(14-16-25)35(3)4)30-29(27-12-8-9-18-32-27)34-31(39)36(30)19-17-28(38)33-23-10-6-5-7-11-23/h5-16,18,20,29-30H,17,19H2,1-4H3,(H,33,38)(H,34,39)/t29-,30+/m1/s1. The van der Waals surface area contributed by atoms with Crippen molar-refractivity contribution in [1.82, 2.24) is 19.8 Å². The molecule has 1 aliphatic heterocycles. The molecule has 0 radical (unpaired) electrons. The Bertz CT molecular complexity index is 1450. The lowest BCUT2D eigenvalue weighted by molar-refractivity contribution is -0.116. The van der Waals surface area contributed by atoms with Crippen LogP contribution in [0.2, 0.25) is 0 Å². The Labute approximate surface area is 235 Å². The van der Waals surface area contributed by atoms with Gasteiger partial charge in [0.15, 0.2) is 5.11 Å². The molecule has 0 bridgehead atoms. The zero-order valence-corrected chi connectivity index (χ0v) is 23.6. The first kappa shape index (κ1) is 26.4. The Morgan fingerprint density at radius 1 is 1.03 bits per heavy atom. The average Bonchev–Trinajstić information content (AvgIpc) is 3.42. The second kappa shape index (κ2) is 11.3. The molecule has 2 N–H and O–H groups in total. The van der Waals surface area contributed by atoms with Crippen molar-refractivity contribution in [1.29, 1.82) is 0 Å². The molecule has 0 unspecified atom stereocenters. The number of pyridine rings is 1. The minimum atomic E-state index is -0.138. The number of nitrogens with one attached hydrogen (secondary N) is 2. The number of carbonyl (C=O) groups excluding carboxylic acids is 1. The fourth-order valence-electron chi connectivity index (χ4n) is 5.34. The molecule has 2 aromatic carbocycles. The smallest absolute Gasteiger partial charge is 0.226 e. The lowest BCUT2D eigenvalue weighted by Crippen LogP contribution is -2.32. The van der Waals surface area contributed by atoms with E-state index in [0.717, 1.165) is 39.7 Å². The summed E-state index contributed by atoms with van der Waals surface area (Å²) in [5, 5.41) is 7.12. The molecule has 200 valence electrons. The Morgan fingerprint density at radius 2 is 1.74 bits per heavy atom. The van der Waals surface area contributed by atoms with Crippen molar-refractivity contribution in [2.45, 2.75) is 32.4 Å². The first-order chi connectivity index (χ1) is 18.8. The molecule has 1 saturated heterocycles. The van der Waals surface area contributed by atoms with Crippen molar-refractivity contribution in [3.8, 4) is 5.69 Å². The number of hydrogen-bond donors (Lipinski definition) is 2. The van der Waals surface area contributed by atoms with Crippen molar-refractivity contribution in [2.75, 3.05) is 30.9 Å². The van der Waals surface area contributed by atoms with Gasteiger partial charge in [0.2, 0.25) is 5.91 Å². The molecule has 2 atom stereocenters. The molecule has 1 fully saturated rings. The van der Waals surface area contributed by atoms with E-state index in [9.17, 15) is 4.79 Å². The van der Waals surface area contributed by atoms with Crippen LogP contribution in [0.3, 0.4) is 0 Å². The number of aryl methyl sites for hydroxylation is 1. The van der Waals surface area contributed by atoms with E-state index in [1.165, 1.54) is 0 Å². The number of rotatable bonds is 8. The highest BCUT2D eigenvalue weighted by molar-refractivity contribution is 7.80. The largest absolute Gasteiger partial charge is 0.378 e. The SMILES string of the molecule is Cc1cc([C@H]2[C@@H](c3ccccn3)NC(=S)N2CCC(=O)Nc2ccccc2)c(C)n1-c1ccc(N(C)C)cc1.